The van der Waals surface area contributed by atoms with E-state index in [1.807, 2.05) is 0 Å². The van der Waals surface area contributed by atoms with Crippen molar-refractivity contribution < 1.29 is 23.8 Å². The minimum Gasteiger partial charge on any atom is -0.497 e. The Labute approximate surface area is 122 Å². The number of carbonyl (C=O) groups is 1. The Balaban J connectivity index is 2.43. The summed E-state index contributed by atoms with van der Waals surface area (Å²) in [7, 11) is 1.43. The van der Waals surface area contributed by atoms with Gasteiger partial charge in [-0.15, -0.1) is 0 Å². The van der Waals surface area contributed by atoms with Crippen molar-refractivity contribution in [1.82, 2.24) is 4.98 Å². The van der Waals surface area contributed by atoms with Crippen LogP contribution in [0.4, 0.5) is 4.39 Å². The molecule has 0 aliphatic heterocycles. The van der Waals surface area contributed by atoms with Crippen LogP contribution in [0.25, 0.3) is 0 Å². The van der Waals surface area contributed by atoms with Gasteiger partial charge in [-0.2, -0.15) is 0 Å². The molecule has 2 rings (SSSR count). The summed E-state index contributed by atoms with van der Waals surface area (Å²) in [5.74, 6) is -1.88. The highest BCUT2D eigenvalue weighted by Crippen LogP contribution is 2.30. The van der Waals surface area contributed by atoms with Gasteiger partial charge in [0.1, 0.15) is 17.1 Å². The first kappa shape index (κ1) is 14.3. The van der Waals surface area contributed by atoms with Gasteiger partial charge < -0.3 is 14.6 Å². The van der Waals surface area contributed by atoms with Crippen molar-refractivity contribution in [1.29, 1.82) is 0 Å². The molecule has 0 amide bonds. The number of benzene rings is 1. The number of carboxylic acid groups (broad SMARTS) is 1. The topological polar surface area (TPSA) is 68.7 Å². The van der Waals surface area contributed by atoms with Crippen molar-refractivity contribution in [2.45, 2.75) is 0 Å². The van der Waals surface area contributed by atoms with E-state index in [-0.39, 0.29) is 17.2 Å². The molecule has 0 radical (unpaired) electrons. The summed E-state index contributed by atoms with van der Waals surface area (Å²) in [5, 5.41) is 9.08. The minimum absolute atomic E-state index is 0.0504. The molecule has 1 aromatic heterocycles. The molecule has 0 bridgehead atoms. The van der Waals surface area contributed by atoms with Gasteiger partial charge >= 0.3 is 5.97 Å². The highest BCUT2D eigenvalue weighted by atomic mass is 79.9. The number of nitrogens with zero attached hydrogens (tertiary/aromatic N) is 1. The lowest BCUT2D eigenvalue weighted by atomic mass is 10.2. The molecule has 1 heterocycles. The van der Waals surface area contributed by atoms with Crippen molar-refractivity contribution in [3.8, 4) is 17.4 Å². The Morgan fingerprint density at radius 3 is 2.75 bits per heavy atom. The van der Waals surface area contributed by atoms with Gasteiger partial charge in [-0.3, -0.25) is 0 Å². The first-order valence-electron chi connectivity index (χ1n) is 5.41. The molecule has 0 unspecified atom stereocenters. The van der Waals surface area contributed by atoms with E-state index in [9.17, 15) is 9.18 Å². The molecule has 2 aromatic rings. The molecular formula is C13H9BrFNO4. The number of hydrogen-bond acceptors (Lipinski definition) is 4. The van der Waals surface area contributed by atoms with Crippen LogP contribution in [0.2, 0.25) is 0 Å². The van der Waals surface area contributed by atoms with Crippen LogP contribution in [0.5, 0.6) is 17.4 Å². The molecule has 0 spiro atoms. The highest BCUT2D eigenvalue weighted by Gasteiger charge is 2.16. The van der Waals surface area contributed by atoms with Crippen molar-refractivity contribution >= 4 is 21.9 Å². The monoisotopic (exact) mass is 341 g/mol. The van der Waals surface area contributed by atoms with Crippen molar-refractivity contribution in [2.24, 2.45) is 0 Å². The van der Waals surface area contributed by atoms with E-state index in [0.717, 1.165) is 0 Å². The third-order valence-corrected chi connectivity index (χ3v) is 2.83. The molecule has 0 fully saturated rings. The molecule has 1 N–H and O–H groups in total. The number of aromatic carboxylic acids is 1. The lowest BCUT2D eigenvalue weighted by molar-refractivity contribution is 0.0694. The molecule has 7 heteroatoms. The molecule has 0 saturated carbocycles. The molecule has 1 aromatic carbocycles. The minimum atomic E-state index is -1.19. The molecule has 0 aliphatic rings. The third kappa shape index (κ3) is 3.05. The Hall–Kier alpha value is -2.15. The summed E-state index contributed by atoms with van der Waals surface area (Å²) in [6.45, 7) is 0. The fourth-order valence-corrected chi connectivity index (χ4v) is 1.78. The largest absolute Gasteiger partial charge is 0.497 e. The predicted octanol–water partition coefficient (Wildman–Crippen LogP) is 3.48. The second kappa shape index (κ2) is 5.87. The zero-order valence-electron chi connectivity index (χ0n) is 10.3. The van der Waals surface area contributed by atoms with Crippen LogP contribution >= 0.6 is 15.9 Å². The third-order valence-electron chi connectivity index (χ3n) is 2.40. The number of hydrogen-bond donors (Lipinski definition) is 1. The number of aromatic nitrogens is 1. The fraction of sp³-hybridized carbons (Fsp3) is 0.0769. The lowest BCUT2D eigenvalue weighted by Crippen LogP contribution is -2.02. The summed E-state index contributed by atoms with van der Waals surface area (Å²) >= 11 is 3.07. The smallest absolute Gasteiger partial charge is 0.339 e. The average Bonchev–Trinajstić information content (AvgIpc) is 2.41. The summed E-state index contributed by atoms with van der Waals surface area (Å²) in [6, 6.07) is 5.31. The summed E-state index contributed by atoms with van der Waals surface area (Å²) in [4.78, 5) is 14.9. The number of carboxylic acids is 1. The van der Waals surface area contributed by atoms with Crippen LogP contribution in [-0.4, -0.2) is 23.2 Å². The van der Waals surface area contributed by atoms with E-state index in [1.54, 1.807) is 0 Å². The Bertz CT molecular complexity index is 663. The zero-order valence-corrected chi connectivity index (χ0v) is 11.8. The first-order valence-corrected chi connectivity index (χ1v) is 6.21. The van der Waals surface area contributed by atoms with E-state index >= 15 is 0 Å². The van der Waals surface area contributed by atoms with Gasteiger partial charge in [0, 0.05) is 16.7 Å². The van der Waals surface area contributed by atoms with Gasteiger partial charge in [0.05, 0.1) is 7.11 Å². The molecule has 0 atom stereocenters. The number of methoxy groups -OCH3 is 1. The molecule has 0 saturated heterocycles. The van der Waals surface area contributed by atoms with Gasteiger partial charge in [-0.1, -0.05) is 0 Å². The number of halogens is 2. The molecule has 104 valence electrons. The van der Waals surface area contributed by atoms with E-state index in [4.69, 9.17) is 14.6 Å². The van der Waals surface area contributed by atoms with Crippen LogP contribution in [0.15, 0.2) is 34.9 Å². The maximum atomic E-state index is 13.7. The quantitative estimate of drug-likeness (QED) is 0.921. The van der Waals surface area contributed by atoms with Crippen LogP contribution in [0, 0.1) is 5.82 Å². The average molecular weight is 342 g/mol. The normalized spacial score (nSPS) is 10.2. The first-order chi connectivity index (χ1) is 9.51. The standard InChI is InChI=1S/C13H9BrFNO4/c1-19-8-2-3-9(13(17)18)11(5-8)20-12-10(15)4-7(14)6-16-12/h2-6H,1H3,(H,17,18). The summed E-state index contributed by atoms with van der Waals surface area (Å²) in [5.41, 5.74) is -0.116. The molecule has 0 aliphatic carbocycles. The van der Waals surface area contributed by atoms with Gasteiger partial charge in [-0.25, -0.2) is 14.2 Å². The van der Waals surface area contributed by atoms with Gasteiger partial charge in [0.2, 0.25) is 0 Å². The van der Waals surface area contributed by atoms with E-state index in [0.29, 0.717) is 10.2 Å². The van der Waals surface area contributed by atoms with Gasteiger partial charge in [0.15, 0.2) is 5.82 Å². The van der Waals surface area contributed by atoms with Crippen molar-refractivity contribution in [3.63, 3.8) is 0 Å². The number of pyridine rings is 1. The molecular weight excluding hydrogens is 333 g/mol. The van der Waals surface area contributed by atoms with E-state index in [2.05, 4.69) is 20.9 Å². The van der Waals surface area contributed by atoms with Crippen molar-refractivity contribution in [2.75, 3.05) is 7.11 Å². The van der Waals surface area contributed by atoms with Crippen molar-refractivity contribution in [3.05, 3.63) is 46.3 Å². The van der Waals surface area contributed by atoms with Crippen LogP contribution in [0.1, 0.15) is 10.4 Å². The van der Waals surface area contributed by atoms with Crippen LogP contribution in [0.3, 0.4) is 0 Å². The fourth-order valence-electron chi connectivity index (χ4n) is 1.47. The SMILES string of the molecule is COc1ccc(C(=O)O)c(Oc2ncc(Br)cc2F)c1. The second-order valence-electron chi connectivity index (χ2n) is 3.71. The molecule has 20 heavy (non-hydrogen) atoms. The number of rotatable bonds is 4. The summed E-state index contributed by atoms with van der Waals surface area (Å²) < 4.78 is 24.3. The second-order valence-corrected chi connectivity index (χ2v) is 4.63. The number of ether oxygens (including phenoxy) is 2. The Morgan fingerprint density at radius 1 is 1.40 bits per heavy atom. The van der Waals surface area contributed by atoms with E-state index < -0.39 is 11.8 Å². The van der Waals surface area contributed by atoms with Crippen LogP contribution in [-0.2, 0) is 0 Å². The highest BCUT2D eigenvalue weighted by molar-refractivity contribution is 9.10. The zero-order chi connectivity index (χ0) is 14.7. The van der Waals surface area contributed by atoms with Crippen LogP contribution < -0.4 is 9.47 Å². The Morgan fingerprint density at radius 2 is 2.15 bits per heavy atom. The summed E-state index contributed by atoms with van der Waals surface area (Å²) in [6.07, 6.45) is 1.35. The van der Waals surface area contributed by atoms with Gasteiger partial charge in [0.25, 0.3) is 5.88 Å². The maximum absolute atomic E-state index is 13.7. The Kier molecular flexibility index (Phi) is 4.19. The van der Waals surface area contributed by atoms with E-state index in [1.165, 1.54) is 37.6 Å². The maximum Gasteiger partial charge on any atom is 0.339 e. The lowest BCUT2D eigenvalue weighted by Gasteiger charge is -2.10. The molecule has 5 nitrogen and oxygen atoms in total. The van der Waals surface area contributed by atoms with Gasteiger partial charge in [-0.05, 0) is 34.1 Å². The predicted molar refractivity (Wildman–Crippen MR) is 71.9 cm³/mol.